The largest absolute Gasteiger partial charge is 0.480 e. The van der Waals surface area contributed by atoms with Crippen LogP contribution in [0.5, 0.6) is 0 Å². The normalized spacial score (nSPS) is 24.4. The van der Waals surface area contributed by atoms with Gasteiger partial charge in [-0.15, -0.1) is 0 Å². The van der Waals surface area contributed by atoms with Crippen molar-refractivity contribution in [3.63, 3.8) is 0 Å². The SMILES string of the molecule is O=C(CC(NC1CC1)(C(=O)O)C1c2ccccc2NC2CCCC21)C(=O)OCc1ccc(Cl)cc1. The number of hydrogen-bond acceptors (Lipinski definition) is 6. The maximum Gasteiger partial charge on any atom is 0.375 e. The number of halogens is 1. The summed E-state index contributed by atoms with van der Waals surface area (Å²) in [5, 5.41) is 18.1. The maximum absolute atomic E-state index is 13.2. The van der Waals surface area contributed by atoms with E-state index in [9.17, 15) is 19.5 Å². The van der Waals surface area contributed by atoms with E-state index in [0.717, 1.165) is 43.4 Å². The molecule has 0 bridgehead atoms. The highest BCUT2D eigenvalue weighted by atomic mass is 35.5. The molecule has 8 heteroatoms. The number of para-hydroxylation sites is 1. The summed E-state index contributed by atoms with van der Waals surface area (Å²) in [7, 11) is 0. The monoisotopic (exact) mass is 496 g/mol. The molecule has 1 heterocycles. The van der Waals surface area contributed by atoms with Crippen LogP contribution in [-0.4, -0.2) is 40.5 Å². The van der Waals surface area contributed by atoms with Crippen molar-refractivity contribution in [2.24, 2.45) is 5.92 Å². The van der Waals surface area contributed by atoms with E-state index in [4.69, 9.17) is 16.3 Å². The van der Waals surface area contributed by atoms with Crippen LogP contribution in [0.2, 0.25) is 5.02 Å². The van der Waals surface area contributed by atoms with Gasteiger partial charge in [-0.3, -0.25) is 14.9 Å². The fourth-order valence-corrected chi connectivity index (χ4v) is 5.90. The van der Waals surface area contributed by atoms with Gasteiger partial charge in [0.05, 0.1) is 0 Å². The summed E-state index contributed by atoms with van der Waals surface area (Å²) >= 11 is 5.89. The van der Waals surface area contributed by atoms with Gasteiger partial charge < -0.3 is 15.2 Å². The summed E-state index contributed by atoms with van der Waals surface area (Å²) in [6.07, 6.45) is 4.05. The van der Waals surface area contributed by atoms with Crippen molar-refractivity contribution in [2.45, 2.75) is 68.7 Å². The molecule has 2 fully saturated rings. The Hall–Kier alpha value is -2.90. The molecule has 3 aliphatic rings. The van der Waals surface area contributed by atoms with Crippen molar-refractivity contribution in [3.05, 3.63) is 64.7 Å². The molecule has 3 N–H and O–H groups in total. The number of anilines is 1. The molecule has 2 aliphatic carbocycles. The van der Waals surface area contributed by atoms with Gasteiger partial charge in [-0.25, -0.2) is 4.79 Å². The van der Waals surface area contributed by atoms with Gasteiger partial charge in [-0.2, -0.15) is 0 Å². The van der Waals surface area contributed by atoms with Crippen molar-refractivity contribution < 1.29 is 24.2 Å². The number of carboxylic acid groups (broad SMARTS) is 1. The van der Waals surface area contributed by atoms with Gasteiger partial charge in [-0.1, -0.05) is 48.4 Å². The molecular weight excluding hydrogens is 468 g/mol. The molecule has 0 amide bonds. The third-order valence-corrected chi connectivity index (χ3v) is 7.79. The first-order valence-electron chi connectivity index (χ1n) is 12.2. The molecule has 0 aromatic heterocycles. The molecular formula is C27H29ClN2O5. The summed E-state index contributed by atoms with van der Waals surface area (Å²) in [5.74, 6) is -3.35. The topological polar surface area (TPSA) is 105 Å². The second-order valence-electron chi connectivity index (χ2n) is 9.91. The zero-order chi connectivity index (χ0) is 24.6. The predicted molar refractivity (Wildman–Crippen MR) is 131 cm³/mol. The van der Waals surface area contributed by atoms with E-state index in [1.807, 2.05) is 24.3 Å². The van der Waals surface area contributed by atoms with Gasteiger partial charge in [0.15, 0.2) is 0 Å². The number of esters is 1. The number of ether oxygens (including phenoxy) is 1. The molecule has 184 valence electrons. The van der Waals surface area contributed by atoms with Crippen LogP contribution in [0.3, 0.4) is 0 Å². The number of benzene rings is 2. The van der Waals surface area contributed by atoms with E-state index in [2.05, 4.69) is 10.6 Å². The van der Waals surface area contributed by atoms with Gasteiger partial charge in [0, 0.05) is 35.1 Å². The third kappa shape index (κ3) is 4.80. The van der Waals surface area contributed by atoms with Gasteiger partial charge in [0.1, 0.15) is 12.1 Å². The molecule has 5 rings (SSSR count). The number of nitrogens with one attached hydrogen (secondary N) is 2. The van der Waals surface area contributed by atoms with Crippen LogP contribution in [0, 0.1) is 5.92 Å². The smallest absolute Gasteiger partial charge is 0.375 e. The first-order valence-corrected chi connectivity index (χ1v) is 12.6. The molecule has 4 unspecified atom stereocenters. The zero-order valence-electron chi connectivity index (χ0n) is 19.3. The molecule has 2 saturated carbocycles. The summed E-state index contributed by atoms with van der Waals surface area (Å²) in [4.78, 5) is 38.9. The lowest BCUT2D eigenvalue weighted by Crippen LogP contribution is -2.62. The number of carbonyl (C=O) groups excluding carboxylic acids is 2. The Balaban J connectivity index is 1.44. The molecule has 35 heavy (non-hydrogen) atoms. The Morgan fingerprint density at radius 3 is 2.51 bits per heavy atom. The van der Waals surface area contributed by atoms with E-state index in [-0.39, 0.29) is 24.6 Å². The molecule has 0 radical (unpaired) electrons. The van der Waals surface area contributed by atoms with Crippen LogP contribution < -0.4 is 10.6 Å². The van der Waals surface area contributed by atoms with Crippen LogP contribution in [-0.2, 0) is 25.7 Å². The van der Waals surface area contributed by atoms with E-state index >= 15 is 0 Å². The highest BCUT2D eigenvalue weighted by Crippen LogP contribution is 2.52. The minimum Gasteiger partial charge on any atom is -0.480 e. The van der Waals surface area contributed by atoms with Crippen molar-refractivity contribution in [3.8, 4) is 0 Å². The Morgan fingerprint density at radius 1 is 1.06 bits per heavy atom. The number of Topliss-reactive ketones (excluding diaryl/α,β-unsaturated/α-hetero) is 1. The minimum atomic E-state index is -1.59. The standard InChI is InChI=1S/C27H29ClN2O5/c28-17-10-8-16(9-11-17)15-35-25(32)23(31)14-27(26(33)34,30-18-12-13-18)24-19-4-1-2-6-21(19)29-22-7-3-5-20(22)24/h1-2,4,6,8-11,18,20,22,24,29-30H,3,5,7,12-15H2,(H,33,34). The number of ketones is 1. The lowest BCUT2D eigenvalue weighted by molar-refractivity contribution is -0.158. The molecule has 1 aliphatic heterocycles. The first-order chi connectivity index (χ1) is 16.9. The Labute approximate surface area is 209 Å². The van der Waals surface area contributed by atoms with Crippen molar-refractivity contribution in [1.82, 2.24) is 5.32 Å². The lowest BCUT2D eigenvalue weighted by atomic mass is 9.65. The summed E-state index contributed by atoms with van der Waals surface area (Å²) in [6, 6.07) is 14.7. The average Bonchev–Trinajstić information content (AvgIpc) is 3.54. The van der Waals surface area contributed by atoms with Gasteiger partial charge in [0.2, 0.25) is 5.78 Å². The van der Waals surface area contributed by atoms with E-state index < -0.39 is 35.6 Å². The predicted octanol–water partition coefficient (Wildman–Crippen LogP) is 4.30. The number of hydrogen-bond donors (Lipinski definition) is 3. The van der Waals surface area contributed by atoms with Gasteiger partial charge in [0.25, 0.3) is 0 Å². The van der Waals surface area contributed by atoms with Gasteiger partial charge >= 0.3 is 11.9 Å². The maximum atomic E-state index is 13.2. The highest BCUT2D eigenvalue weighted by Gasteiger charge is 2.57. The van der Waals surface area contributed by atoms with Crippen LogP contribution >= 0.6 is 11.6 Å². The van der Waals surface area contributed by atoms with Crippen LogP contribution in [0.25, 0.3) is 0 Å². The summed E-state index contributed by atoms with van der Waals surface area (Å²) in [6.45, 7) is -0.0846. The zero-order valence-corrected chi connectivity index (χ0v) is 20.1. The highest BCUT2D eigenvalue weighted by molar-refractivity contribution is 6.34. The third-order valence-electron chi connectivity index (χ3n) is 7.54. The first kappa shape index (κ1) is 23.8. The lowest BCUT2D eigenvalue weighted by Gasteiger charge is -2.46. The van der Waals surface area contributed by atoms with E-state index in [0.29, 0.717) is 10.6 Å². The summed E-state index contributed by atoms with van der Waals surface area (Å²) < 4.78 is 5.25. The van der Waals surface area contributed by atoms with E-state index in [1.165, 1.54) is 0 Å². The number of rotatable bonds is 9. The van der Waals surface area contributed by atoms with Crippen LogP contribution in [0.15, 0.2) is 48.5 Å². The molecule has 0 saturated heterocycles. The minimum absolute atomic E-state index is 0.0193. The number of aliphatic carboxylic acids is 1. The second-order valence-corrected chi connectivity index (χ2v) is 10.3. The van der Waals surface area contributed by atoms with Crippen LogP contribution in [0.1, 0.15) is 55.6 Å². The van der Waals surface area contributed by atoms with Crippen molar-refractivity contribution >= 4 is 35.0 Å². The molecule has 2 aromatic rings. The number of fused-ring (bicyclic) bond motifs is 2. The molecule has 4 atom stereocenters. The molecule has 2 aromatic carbocycles. The van der Waals surface area contributed by atoms with Gasteiger partial charge in [-0.05, 0) is 60.9 Å². The Morgan fingerprint density at radius 2 is 1.80 bits per heavy atom. The average molecular weight is 497 g/mol. The number of carbonyl (C=O) groups is 3. The Kier molecular flexibility index (Phi) is 6.55. The molecule has 0 spiro atoms. The van der Waals surface area contributed by atoms with Crippen LogP contribution in [0.4, 0.5) is 5.69 Å². The Bertz CT molecular complexity index is 1130. The van der Waals surface area contributed by atoms with Crippen molar-refractivity contribution in [2.75, 3.05) is 5.32 Å². The fourth-order valence-electron chi connectivity index (χ4n) is 5.78. The van der Waals surface area contributed by atoms with Crippen molar-refractivity contribution in [1.29, 1.82) is 0 Å². The van der Waals surface area contributed by atoms with E-state index in [1.54, 1.807) is 24.3 Å². The molecule has 7 nitrogen and oxygen atoms in total. The fraction of sp³-hybridized carbons (Fsp3) is 0.444. The quantitative estimate of drug-likeness (QED) is 0.351. The number of carboxylic acids is 1. The second kappa shape index (κ2) is 9.63. The summed E-state index contributed by atoms with van der Waals surface area (Å²) in [5.41, 5.74) is 0.885.